The van der Waals surface area contributed by atoms with Gasteiger partial charge in [0.1, 0.15) is 5.60 Å². The molecule has 5 fully saturated rings. The van der Waals surface area contributed by atoms with Gasteiger partial charge in [-0.05, 0) is 63.0 Å². The van der Waals surface area contributed by atoms with E-state index in [4.69, 9.17) is 9.47 Å². The summed E-state index contributed by atoms with van der Waals surface area (Å²) < 4.78 is 28.4. The molecule has 0 aromatic carbocycles. The average Bonchev–Trinajstić information content (AvgIpc) is 3.23. The minimum atomic E-state index is -1.99. The Kier molecular flexibility index (Phi) is 8.60. The number of rotatable bonds is 10. The second kappa shape index (κ2) is 11.9. The molecular weight excluding hydrogens is 585 g/mol. The summed E-state index contributed by atoms with van der Waals surface area (Å²) in [5.41, 5.74) is -4.55. The van der Waals surface area contributed by atoms with Crippen molar-refractivity contribution in [3.8, 4) is 0 Å². The smallest absolute Gasteiger partial charge is 0.252 e. The number of allylic oxidation sites excluding steroid dienone is 4. The van der Waals surface area contributed by atoms with Crippen LogP contribution < -0.4 is 10.6 Å². The van der Waals surface area contributed by atoms with Crippen molar-refractivity contribution < 1.29 is 43.3 Å². The summed E-state index contributed by atoms with van der Waals surface area (Å²) in [4.78, 5) is 51.0. The summed E-state index contributed by atoms with van der Waals surface area (Å²) in [5.74, 6) is -2.87. The molecule has 0 unspecified atom stereocenters. The van der Waals surface area contributed by atoms with Crippen LogP contribution in [0.2, 0.25) is 0 Å². The number of nitrogens with zero attached hydrogens (tertiary/aromatic N) is 1. The first kappa shape index (κ1) is 32.4. The van der Waals surface area contributed by atoms with Crippen molar-refractivity contribution in [1.82, 2.24) is 15.5 Å². The third-order valence-corrected chi connectivity index (χ3v) is 12.0. The number of ether oxygens (including phenoxy) is 2. The molecule has 248 valence electrons. The van der Waals surface area contributed by atoms with E-state index in [1.807, 2.05) is 6.92 Å². The van der Waals surface area contributed by atoms with Crippen molar-refractivity contribution in [2.24, 2.45) is 34.5 Å². The molecule has 0 aromatic heterocycles. The van der Waals surface area contributed by atoms with E-state index in [0.717, 1.165) is 0 Å². The van der Waals surface area contributed by atoms with Crippen LogP contribution in [-0.2, 0) is 28.7 Å². The number of fused-ring (bicyclic) bond motifs is 5. The topological polar surface area (TPSA) is 154 Å². The number of nitrogens with one attached hydrogen (secondary N) is 2. The number of piperidine rings is 1. The summed E-state index contributed by atoms with van der Waals surface area (Å²) in [6, 6.07) is 0. The van der Waals surface area contributed by atoms with Crippen molar-refractivity contribution in [2.45, 2.75) is 69.7 Å². The number of hydrogen-bond donors (Lipinski definition) is 4. The molecule has 0 radical (unpaired) electrons. The van der Waals surface area contributed by atoms with Gasteiger partial charge in [-0.1, -0.05) is 18.6 Å². The highest BCUT2D eigenvalue weighted by Gasteiger charge is 2.71. The maximum Gasteiger partial charge on any atom is 0.252 e. The molecule has 6 rings (SSSR count). The molecule has 4 aliphatic carbocycles. The van der Waals surface area contributed by atoms with E-state index in [2.05, 4.69) is 15.5 Å². The monoisotopic (exact) mass is 631 g/mol. The Hall–Kier alpha value is -2.51. The Balaban J connectivity index is 0.925. The Morgan fingerprint density at radius 3 is 2.58 bits per heavy atom. The predicted molar refractivity (Wildman–Crippen MR) is 159 cm³/mol. The van der Waals surface area contributed by atoms with Crippen LogP contribution in [0.25, 0.3) is 0 Å². The first-order valence-electron chi connectivity index (χ1n) is 16.4. The lowest BCUT2D eigenvalue weighted by Gasteiger charge is -2.59. The van der Waals surface area contributed by atoms with E-state index in [1.54, 1.807) is 13.0 Å². The molecule has 45 heavy (non-hydrogen) atoms. The molecule has 0 bridgehead atoms. The van der Waals surface area contributed by atoms with E-state index in [-0.39, 0.29) is 43.1 Å². The molecule has 12 heteroatoms. The lowest BCUT2D eigenvalue weighted by Crippen LogP contribution is -2.66. The maximum atomic E-state index is 17.1. The minimum Gasteiger partial charge on any atom is -0.390 e. The van der Waals surface area contributed by atoms with Crippen LogP contribution in [0.1, 0.15) is 52.4 Å². The number of halogens is 1. The van der Waals surface area contributed by atoms with Crippen molar-refractivity contribution in [3.05, 3.63) is 23.8 Å². The number of hydrogen-bond acceptors (Lipinski definition) is 9. The Labute approximate surface area is 262 Å². The first-order chi connectivity index (χ1) is 21.3. The summed E-state index contributed by atoms with van der Waals surface area (Å²) in [6.07, 6.45) is 5.53. The van der Waals surface area contributed by atoms with Crippen molar-refractivity contribution in [3.63, 3.8) is 0 Å². The SMILES string of the molecule is C[C@@H]1C[C@H]2[C@H](C[C@H](O)[C@@]3(F)[C@H]2CCC2=CC(=O)C=C[C@@]23C)[C@@]1(O)C(=O)NCCOCCOCCN1CC2(CCC(=O)NC2=O)C1. The average molecular weight is 632 g/mol. The van der Waals surface area contributed by atoms with E-state index < -0.39 is 51.9 Å². The van der Waals surface area contributed by atoms with E-state index in [0.29, 0.717) is 77.1 Å². The molecular formula is C33H46FN3O8. The molecule has 2 heterocycles. The van der Waals surface area contributed by atoms with Crippen LogP contribution in [0, 0.1) is 34.5 Å². The lowest BCUT2D eigenvalue weighted by atomic mass is 9.48. The number of ketones is 1. The summed E-state index contributed by atoms with van der Waals surface area (Å²) in [7, 11) is 0. The molecule has 8 atom stereocenters. The number of likely N-dealkylation sites (tertiary alicyclic amines) is 1. The van der Waals surface area contributed by atoms with Crippen molar-refractivity contribution in [2.75, 3.05) is 52.6 Å². The van der Waals surface area contributed by atoms with Crippen molar-refractivity contribution in [1.29, 1.82) is 0 Å². The number of aliphatic hydroxyl groups is 2. The Morgan fingerprint density at radius 1 is 1.11 bits per heavy atom. The fourth-order valence-electron chi connectivity index (χ4n) is 9.46. The van der Waals surface area contributed by atoms with Gasteiger partial charge in [-0.25, -0.2) is 4.39 Å². The van der Waals surface area contributed by atoms with Crippen LogP contribution in [0.3, 0.4) is 0 Å². The third-order valence-electron chi connectivity index (χ3n) is 12.0. The molecule has 3 amide bonds. The number of imide groups is 1. The van der Waals surface area contributed by atoms with Crippen LogP contribution >= 0.6 is 0 Å². The Bertz CT molecular complexity index is 1300. The normalized spacial score (nSPS) is 40.2. The second-order valence-corrected chi connectivity index (χ2v) is 14.4. The number of carbonyl (C=O) groups is 4. The molecule has 1 spiro atoms. The van der Waals surface area contributed by atoms with E-state index in [1.165, 1.54) is 12.2 Å². The van der Waals surface area contributed by atoms with E-state index in [9.17, 15) is 29.4 Å². The molecule has 11 nitrogen and oxygen atoms in total. The molecule has 4 N–H and O–H groups in total. The van der Waals surface area contributed by atoms with Crippen LogP contribution in [0.15, 0.2) is 23.8 Å². The van der Waals surface area contributed by atoms with Gasteiger partial charge in [-0.3, -0.25) is 29.4 Å². The summed E-state index contributed by atoms with van der Waals surface area (Å²) in [5, 5.41) is 28.4. The van der Waals surface area contributed by atoms with Crippen molar-refractivity contribution >= 4 is 23.5 Å². The third kappa shape index (κ3) is 5.21. The maximum absolute atomic E-state index is 17.1. The minimum absolute atomic E-state index is 0.0320. The van der Waals surface area contributed by atoms with Crippen LogP contribution in [-0.4, -0.2) is 109 Å². The van der Waals surface area contributed by atoms with Crippen LogP contribution in [0.5, 0.6) is 0 Å². The highest BCUT2D eigenvalue weighted by molar-refractivity contribution is 6.02. The van der Waals surface area contributed by atoms with Gasteiger partial charge in [-0.2, -0.15) is 0 Å². The number of alkyl halides is 1. The van der Waals surface area contributed by atoms with Gasteiger partial charge in [0.25, 0.3) is 5.91 Å². The predicted octanol–water partition coefficient (Wildman–Crippen LogP) is 0.832. The number of carbonyl (C=O) groups excluding carboxylic acids is 4. The lowest BCUT2D eigenvalue weighted by molar-refractivity contribution is -0.191. The molecule has 2 aliphatic heterocycles. The quantitative estimate of drug-likeness (QED) is 0.203. The number of aliphatic hydroxyl groups excluding tert-OH is 1. The molecule has 2 saturated heterocycles. The van der Waals surface area contributed by atoms with Gasteiger partial charge in [0.2, 0.25) is 11.8 Å². The van der Waals surface area contributed by atoms with E-state index >= 15 is 4.39 Å². The molecule has 3 saturated carbocycles. The summed E-state index contributed by atoms with van der Waals surface area (Å²) in [6.45, 7) is 7.12. The second-order valence-electron chi connectivity index (χ2n) is 14.4. The van der Waals surface area contributed by atoms with Crippen LogP contribution in [0.4, 0.5) is 4.39 Å². The zero-order chi connectivity index (χ0) is 32.2. The van der Waals surface area contributed by atoms with Gasteiger partial charge in [-0.15, -0.1) is 0 Å². The zero-order valence-electron chi connectivity index (χ0n) is 26.2. The fraction of sp³-hybridized carbons (Fsp3) is 0.758. The number of amides is 3. The molecule has 6 aliphatic rings. The summed E-state index contributed by atoms with van der Waals surface area (Å²) >= 11 is 0. The largest absolute Gasteiger partial charge is 0.390 e. The standard InChI is InChI=1S/C33H46FN3O8/c1-20-15-23-24-4-3-21-16-22(38)5-7-30(21,2)33(24,34)26(39)17-25(23)32(20,43)29(42)35-9-11-44-13-14-45-12-10-37-18-31(19-37)8-6-27(40)36-28(31)41/h5,7,16,20,23-26,39,43H,3-4,6,8-15,17-19H2,1-2H3,(H,35,42)(H,36,40,41)/t20-,23-,24+,25+,26+,30+,32-,33+/m1/s1. The highest BCUT2D eigenvalue weighted by atomic mass is 19.1. The van der Waals surface area contributed by atoms with Gasteiger partial charge >= 0.3 is 0 Å². The Morgan fingerprint density at radius 2 is 1.84 bits per heavy atom. The van der Waals surface area contributed by atoms with Gasteiger partial charge in [0, 0.05) is 49.9 Å². The first-order valence-corrected chi connectivity index (χ1v) is 16.4. The van der Waals surface area contributed by atoms with Gasteiger partial charge in [0.05, 0.1) is 37.9 Å². The highest BCUT2D eigenvalue weighted by Crippen LogP contribution is 2.66. The van der Waals surface area contributed by atoms with Gasteiger partial charge in [0.15, 0.2) is 11.5 Å². The fourth-order valence-corrected chi connectivity index (χ4v) is 9.46. The molecule has 0 aromatic rings. The van der Waals surface area contributed by atoms with Gasteiger partial charge < -0.3 is 25.0 Å². The zero-order valence-corrected chi connectivity index (χ0v) is 26.2.